The van der Waals surface area contributed by atoms with Crippen LogP contribution in [-0.4, -0.2) is 30.4 Å². The standard InChI is InChI=1S/C15H24N2O.ClH/c1-11(2)14(16)8-9-17(4)15(18)13-7-5-6-12(3)10-13;/h5-7,10-11,14H,8-9,16H2,1-4H3;1H. The fraction of sp³-hybridized carbons (Fsp3) is 0.533. The molecule has 108 valence electrons. The molecule has 3 nitrogen and oxygen atoms in total. The van der Waals surface area contributed by atoms with Crippen LogP contribution in [0.25, 0.3) is 0 Å². The summed E-state index contributed by atoms with van der Waals surface area (Å²) in [6, 6.07) is 7.83. The minimum absolute atomic E-state index is 0. The summed E-state index contributed by atoms with van der Waals surface area (Å²) >= 11 is 0. The van der Waals surface area contributed by atoms with Gasteiger partial charge in [-0.2, -0.15) is 0 Å². The molecular formula is C15H25ClN2O. The van der Waals surface area contributed by atoms with Gasteiger partial charge in [0.05, 0.1) is 0 Å². The molecule has 19 heavy (non-hydrogen) atoms. The first kappa shape index (κ1) is 17.9. The van der Waals surface area contributed by atoms with E-state index in [9.17, 15) is 4.79 Å². The zero-order valence-corrected chi connectivity index (χ0v) is 13.0. The van der Waals surface area contributed by atoms with Crippen LogP contribution in [0.15, 0.2) is 24.3 Å². The lowest BCUT2D eigenvalue weighted by molar-refractivity contribution is 0.0789. The molecule has 1 aromatic carbocycles. The third-order valence-electron chi connectivity index (χ3n) is 3.27. The molecule has 0 radical (unpaired) electrons. The van der Waals surface area contributed by atoms with Crippen LogP contribution in [0.1, 0.15) is 36.2 Å². The maximum Gasteiger partial charge on any atom is 0.253 e. The van der Waals surface area contributed by atoms with E-state index in [1.54, 1.807) is 4.90 Å². The fourth-order valence-corrected chi connectivity index (χ4v) is 1.78. The highest BCUT2D eigenvalue weighted by Gasteiger charge is 2.14. The smallest absolute Gasteiger partial charge is 0.253 e. The predicted octanol–water partition coefficient (Wildman–Crippen LogP) is 2.86. The Bertz CT molecular complexity index is 407. The third-order valence-corrected chi connectivity index (χ3v) is 3.27. The van der Waals surface area contributed by atoms with Crippen molar-refractivity contribution in [1.82, 2.24) is 4.90 Å². The summed E-state index contributed by atoms with van der Waals surface area (Å²) in [5.41, 5.74) is 7.84. The number of nitrogens with zero attached hydrogens (tertiary/aromatic N) is 1. The first-order valence-electron chi connectivity index (χ1n) is 6.49. The Labute approximate surface area is 122 Å². The van der Waals surface area contributed by atoms with E-state index in [0.717, 1.165) is 17.5 Å². The van der Waals surface area contributed by atoms with Crippen molar-refractivity contribution < 1.29 is 4.79 Å². The van der Waals surface area contributed by atoms with Gasteiger partial charge < -0.3 is 10.6 Å². The largest absolute Gasteiger partial charge is 0.342 e. The minimum atomic E-state index is 0. The number of hydrogen-bond acceptors (Lipinski definition) is 2. The van der Waals surface area contributed by atoms with E-state index in [0.29, 0.717) is 12.5 Å². The maximum atomic E-state index is 12.2. The molecular weight excluding hydrogens is 260 g/mol. The van der Waals surface area contributed by atoms with Gasteiger partial charge in [-0.3, -0.25) is 4.79 Å². The topological polar surface area (TPSA) is 46.3 Å². The van der Waals surface area contributed by atoms with Gasteiger partial charge in [0.2, 0.25) is 0 Å². The fourth-order valence-electron chi connectivity index (χ4n) is 1.78. The zero-order chi connectivity index (χ0) is 13.7. The number of amides is 1. The normalized spacial score (nSPS) is 11.9. The molecule has 1 unspecified atom stereocenters. The van der Waals surface area contributed by atoms with Crippen LogP contribution in [0.4, 0.5) is 0 Å². The second-order valence-electron chi connectivity index (χ2n) is 5.29. The van der Waals surface area contributed by atoms with Crippen LogP contribution >= 0.6 is 12.4 Å². The second-order valence-corrected chi connectivity index (χ2v) is 5.29. The van der Waals surface area contributed by atoms with Crippen LogP contribution < -0.4 is 5.73 Å². The highest BCUT2D eigenvalue weighted by Crippen LogP contribution is 2.09. The molecule has 0 spiro atoms. The zero-order valence-electron chi connectivity index (χ0n) is 12.2. The van der Waals surface area contributed by atoms with Gasteiger partial charge in [-0.1, -0.05) is 31.5 Å². The van der Waals surface area contributed by atoms with E-state index < -0.39 is 0 Å². The number of hydrogen-bond donors (Lipinski definition) is 1. The van der Waals surface area contributed by atoms with Crippen molar-refractivity contribution in [1.29, 1.82) is 0 Å². The SMILES string of the molecule is Cc1cccc(C(=O)N(C)CCC(N)C(C)C)c1.Cl. The number of carbonyl (C=O) groups excluding carboxylic acids is 1. The van der Waals surface area contributed by atoms with Crippen LogP contribution in [0.2, 0.25) is 0 Å². The van der Waals surface area contributed by atoms with E-state index in [1.165, 1.54) is 0 Å². The Morgan fingerprint density at radius 2 is 2.00 bits per heavy atom. The molecule has 0 aliphatic carbocycles. The number of halogens is 1. The van der Waals surface area contributed by atoms with Crippen molar-refractivity contribution in [2.75, 3.05) is 13.6 Å². The molecule has 1 aromatic rings. The predicted molar refractivity (Wildman–Crippen MR) is 82.8 cm³/mol. The molecule has 4 heteroatoms. The van der Waals surface area contributed by atoms with Crippen LogP contribution in [0.3, 0.4) is 0 Å². The molecule has 0 aliphatic heterocycles. The van der Waals surface area contributed by atoms with Crippen LogP contribution in [0, 0.1) is 12.8 Å². The van der Waals surface area contributed by atoms with Gasteiger partial charge in [0.25, 0.3) is 5.91 Å². The number of rotatable bonds is 5. The number of nitrogens with two attached hydrogens (primary N) is 1. The van der Waals surface area contributed by atoms with E-state index >= 15 is 0 Å². The molecule has 1 rings (SSSR count). The van der Waals surface area contributed by atoms with Crippen molar-refractivity contribution in [2.45, 2.75) is 33.2 Å². The summed E-state index contributed by atoms with van der Waals surface area (Å²) in [7, 11) is 1.83. The monoisotopic (exact) mass is 284 g/mol. The Kier molecular flexibility index (Phi) is 7.72. The molecule has 0 saturated heterocycles. The Morgan fingerprint density at radius 3 is 2.53 bits per heavy atom. The molecule has 2 N–H and O–H groups in total. The number of carbonyl (C=O) groups is 1. The lowest BCUT2D eigenvalue weighted by atomic mass is 10.0. The minimum Gasteiger partial charge on any atom is -0.342 e. The Hall–Kier alpha value is -1.06. The van der Waals surface area contributed by atoms with Gasteiger partial charge in [0, 0.05) is 25.2 Å². The molecule has 0 aliphatic rings. The van der Waals surface area contributed by atoms with Crippen LogP contribution in [0.5, 0.6) is 0 Å². The van der Waals surface area contributed by atoms with Crippen molar-refractivity contribution in [3.63, 3.8) is 0 Å². The summed E-state index contributed by atoms with van der Waals surface area (Å²) in [6.45, 7) is 6.90. The summed E-state index contributed by atoms with van der Waals surface area (Å²) in [4.78, 5) is 13.9. The van der Waals surface area contributed by atoms with Gasteiger partial charge in [0.1, 0.15) is 0 Å². The second kappa shape index (κ2) is 8.18. The van der Waals surface area contributed by atoms with Crippen LogP contribution in [-0.2, 0) is 0 Å². The third kappa shape index (κ3) is 5.62. The lowest BCUT2D eigenvalue weighted by Crippen LogP contribution is -2.34. The van der Waals surface area contributed by atoms with Gasteiger partial charge in [-0.25, -0.2) is 0 Å². The Balaban J connectivity index is 0.00000324. The molecule has 0 fully saturated rings. The first-order valence-corrected chi connectivity index (χ1v) is 6.49. The summed E-state index contributed by atoms with van der Waals surface area (Å²) in [6.07, 6.45) is 0.839. The van der Waals surface area contributed by atoms with Gasteiger partial charge in [-0.15, -0.1) is 12.4 Å². The molecule has 0 saturated carbocycles. The molecule has 1 atom stereocenters. The van der Waals surface area contributed by atoms with Crippen molar-refractivity contribution in [3.8, 4) is 0 Å². The molecule has 0 aromatic heterocycles. The van der Waals surface area contributed by atoms with Gasteiger partial charge >= 0.3 is 0 Å². The molecule has 0 bridgehead atoms. The summed E-state index contributed by atoms with van der Waals surface area (Å²) < 4.78 is 0. The van der Waals surface area contributed by atoms with E-state index in [-0.39, 0.29) is 24.4 Å². The van der Waals surface area contributed by atoms with Crippen molar-refractivity contribution in [2.24, 2.45) is 11.7 Å². The van der Waals surface area contributed by atoms with E-state index in [4.69, 9.17) is 5.73 Å². The highest BCUT2D eigenvalue weighted by atomic mass is 35.5. The summed E-state index contributed by atoms with van der Waals surface area (Å²) in [5.74, 6) is 0.516. The average Bonchev–Trinajstić information content (AvgIpc) is 2.34. The van der Waals surface area contributed by atoms with Crippen molar-refractivity contribution >= 4 is 18.3 Å². The average molecular weight is 285 g/mol. The van der Waals surface area contributed by atoms with Crippen molar-refractivity contribution in [3.05, 3.63) is 35.4 Å². The number of aryl methyl sites for hydroxylation is 1. The number of benzene rings is 1. The molecule has 1 amide bonds. The Morgan fingerprint density at radius 1 is 1.37 bits per heavy atom. The highest BCUT2D eigenvalue weighted by molar-refractivity contribution is 5.94. The van der Waals surface area contributed by atoms with E-state index in [2.05, 4.69) is 13.8 Å². The quantitative estimate of drug-likeness (QED) is 0.904. The summed E-state index contributed by atoms with van der Waals surface area (Å²) in [5, 5.41) is 0. The lowest BCUT2D eigenvalue weighted by Gasteiger charge is -2.21. The van der Waals surface area contributed by atoms with E-state index in [1.807, 2.05) is 38.2 Å². The van der Waals surface area contributed by atoms with Gasteiger partial charge in [0.15, 0.2) is 0 Å². The van der Waals surface area contributed by atoms with Gasteiger partial charge in [-0.05, 0) is 31.4 Å². The first-order chi connectivity index (χ1) is 8.41. The molecule has 0 heterocycles. The maximum absolute atomic E-state index is 12.2.